The molecule has 1 aromatic carbocycles. The molecule has 1 N–H and O–H groups in total. The number of nitrogens with one attached hydrogen (secondary N) is 1. The van der Waals surface area contributed by atoms with Crippen LogP contribution in [0.4, 0.5) is 5.95 Å². The van der Waals surface area contributed by atoms with Gasteiger partial charge in [-0.15, -0.1) is 0 Å². The van der Waals surface area contributed by atoms with Crippen LogP contribution in [0, 0.1) is 0 Å². The van der Waals surface area contributed by atoms with Crippen molar-refractivity contribution in [2.75, 3.05) is 18.5 Å². The van der Waals surface area contributed by atoms with E-state index in [4.69, 9.17) is 9.47 Å². The Labute approximate surface area is 146 Å². The van der Waals surface area contributed by atoms with Gasteiger partial charge in [0.1, 0.15) is 18.1 Å². The molecule has 0 spiro atoms. The van der Waals surface area contributed by atoms with Gasteiger partial charge in [-0.25, -0.2) is 9.48 Å². The van der Waals surface area contributed by atoms with Gasteiger partial charge in [0.25, 0.3) is 0 Å². The molecule has 0 fully saturated rings. The third-order valence-electron chi connectivity index (χ3n) is 3.97. The molecule has 2 heterocycles. The average molecular weight is 342 g/mol. The zero-order valence-corrected chi connectivity index (χ0v) is 14.7. The number of rotatable bonds is 6. The molecule has 0 amide bonds. The van der Waals surface area contributed by atoms with Crippen LogP contribution in [0.2, 0.25) is 0 Å². The van der Waals surface area contributed by atoms with Gasteiger partial charge in [-0.3, -0.25) is 0 Å². The summed E-state index contributed by atoms with van der Waals surface area (Å²) in [5, 5.41) is 7.43. The lowest BCUT2D eigenvalue weighted by atomic mass is 9.95. The predicted octanol–water partition coefficient (Wildman–Crippen LogP) is 2.92. The lowest BCUT2D eigenvalue weighted by Crippen LogP contribution is -2.30. The number of carbonyl (C=O) groups is 1. The molecule has 0 radical (unpaired) electrons. The fraction of sp³-hybridized carbons (Fsp3) is 0.389. The summed E-state index contributed by atoms with van der Waals surface area (Å²) in [4.78, 5) is 17.0. The Morgan fingerprint density at radius 1 is 1.32 bits per heavy atom. The van der Waals surface area contributed by atoms with E-state index >= 15 is 0 Å². The van der Waals surface area contributed by atoms with Gasteiger partial charge in [0, 0.05) is 11.3 Å². The Morgan fingerprint density at radius 3 is 2.88 bits per heavy atom. The van der Waals surface area contributed by atoms with E-state index in [1.54, 1.807) is 4.68 Å². The smallest absolute Gasteiger partial charge is 0.338 e. The van der Waals surface area contributed by atoms with Crippen molar-refractivity contribution >= 4 is 11.9 Å². The summed E-state index contributed by atoms with van der Waals surface area (Å²) in [6, 6.07) is 7.20. The highest BCUT2D eigenvalue weighted by Crippen LogP contribution is 2.39. The molecule has 1 aliphatic heterocycles. The minimum Gasteiger partial charge on any atom is -0.494 e. The van der Waals surface area contributed by atoms with Crippen LogP contribution >= 0.6 is 0 Å². The molecule has 1 unspecified atom stereocenters. The molecule has 132 valence electrons. The Hall–Kier alpha value is -2.83. The standard InChI is InChI=1S/C18H22N4O3/c1-4-10-25-17(23)15-12(3)21-18-19-11-20-22(18)16(15)13-8-6-7-9-14(13)24-5-2/h6-9,11,16H,4-5,10H2,1-3H3,(H,19,20,21). The number of ether oxygens (including phenoxy) is 2. The molecule has 1 aliphatic rings. The Bertz CT molecular complexity index is 797. The van der Waals surface area contributed by atoms with Crippen molar-refractivity contribution in [3.63, 3.8) is 0 Å². The predicted molar refractivity (Wildman–Crippen MR) is 93.3 cm³/mol. The Morgan fingerprint density at radius 2 is 2.12 bits per heavy atom. The molecule has 0 saturated carbocycles. The normalized spacial score (nSPS) is 16.2. The van der Waals surface area contributed by atoms with Crippen molar-refractivity contribution in [1.82, 2.24) is 14.8 Å². The summed E-state index contributed by atoms with van der Waals surface area (Å²) >= 11 is 0. The van der Waals surface area contributed by atoms with Gasteiger partial charge in [-0.2, -0.15) is 10.1 Å². The first kappa shape index (κ1) is 17.0. The van der Waals surface area contributed by atoms with E-state index in [9.17, 15) is 4.79 Å². The van der Waals surface area contributed by atoms with Gasteiger partial charge >= 0.3 is 5.97 Å². The van der Waals surface area contributed by atoms with Gasteiger partial charge in [-0.1, -0.05) is 25.1 Å². The molecular weight excluding hydrogens is 320 g/mol. The topological polar surface area (TPSA) is 78.3 Å². The fourth-order valence-corrected chi connectivity index (χ4v) is 2.91. The van der Waals surface area contributed by atoms with Crippen LogP contribution in [0.25, 0.3) is 0 Å². The quantitative estimate of drug-likeness (QED) is 0.813. The molecule has 25 heavy (non-hydrogen) atoms. The van der Waals surface area contributed by atoms with E-state index in [-0.39, 0.29) is 5.97 Å². The number of allylic oxidation sites excluding steroid dienone is 1. The zero-order valence-electron chi connectivity index (χ0n) is 14.7. The second kappa shape index (κ2) is 7.38. The van der Waals surface area contributed by atoms with Crippen molar-refractivity contribution in [2.24, 2.45) is 0 Å². The molecule has 0 bridgehead atoms. The lowest BCUT2D eigenvalue weighted by Gasteiger charge is -2.29. The van der Waals surface area contributed by atoms with Crippen molar-refractivity contribution in [1.29, 1.82) is 0 Å². The van der Waals surface area contributed by atoms with E-state index in [1.807, 2.05) is 45.0 Å². The average Bonchev–Trinajstić information content (AvgIpc) is 3.07. The Balaban J connectivity index is 2.11. The van der Waals surface area contributed by atoms with Crippen LogP contribution in [-0.4, -0.2) is 33.9 Å². The number of aromatic nitrogens is 3. The molecule has 3 rings (SSSR count). The van der Waals surface area contributed by atoms with Crippen LogP contribution in [0.3, 0.4) is 0 Å². The van der Waals surface area contributed by atoms with Gasteiger partial charge in [0.2, 0.25) is 5.95 Å². The van der Waals surface area contributed by atoms with Gasteiger partial charge < -0.3 is 14.8 Å². The van der Waals surface area contributed by atoms with E-state index in [1.165, 1.54) is 6.33 Å². The molecule has 1 aromatic heterocycles. The van der Waals surface area contributed by atoms with Crippen molar-refractivity contribution in [3.05, 3.63) is 47.4 Å². The Kier molecular flexibility index (Phi) is 5.02. The maximum absolute atomic E-state index is 12.7. The second-order valence-electron chi connectivity index (χ2n) is 5.70. The number of hydrogen-bond donors (Lipinski definition) is 1. The van der Waals surface area contributed by atoms with Crippen LogP contribution in [0.1, 0.15) is 38.8 Å². The summed E-state index contributed by atoms with van der Waals surface area (Å²) in [5.74, 6) is 0.942. The minimum absolute atomic E-state index is 0.357. The molecule has 0 saturated heterocycles. The van der Waals surface area contributed by atoms with Gasteiger partial charge in [0.15, 0.2) is 0 Å². The first-order valence-corrected chi connectivity index (χ1v) is 8.43. The SMILES string of the molecule is CCCOC(=O)C1=C(C)Nc2ncnn2C1c1ccccc1OCC. The molecule has 1 atom stereocenters. The molecule has 2 aromatic rings. The van der Waals surface area contributed by atoms with Crippen LogP contribution < -0.4 is 10.1 Å². The highest BCUT2D eigenvalue weighted by Gasteiger charge is 2.35. The van der Waals surface area contributed by atoms with Gasteiger partial charge in [-0.05, 0) is 26.3 Å². The highest BCUT2D eigenvalue weighted by atomic mass is 16.5. The van der Waals surface area contributed by atoms with Gasteiger partial charge in [0.05, 0.1) is 18.8 Å². The number of fused-ring (bicyclic) bond motifs is 1. The second-order valence-corrected chi connectivity index (χ2v) is 5.70. The fourth-order valence-electron chi connectivity index (χ4n) is 2.91. The third kappa shape index (κ3) is 3.22. The monoisotopic (exact) mass is 342 g/mol. The number of anilines is 1. The van der Waals surface area contributed by atoms with E-state index in [2.05, 4.69) is 15.4 Å². The van der Waals surface area contributed by atoms with Crippen LogP contribution in [0.15, 0.2) is 41.9 Å². The molecule has 0 aliphatic carbocycles. The number of nitrogens with zero attached hydrogens (tertiary/aromatic N) is 3. The summed E-state index contributed by atoms with van der Waals surface area (Å²) in [5.41, 5.74) is 2.07. The van der Waals surface area contributed by atoms with Crippen LogP contribution in [0.5, 0.6) is 5.75 Å². The summed E-state index contributed by atoms with van der Waals surface area (Å²) < 4.78 is 12.9. The van der Waals surface area contributed by atoms with Crippen LogP contribution in [-0.2, 0) is 9.53 Å². The summed E-state index contributed by atoms with van der Waals surface area (Å²) in [6.45, 7) is 6.64. The molecule has 7 heteroatoms. The van der Waals surface area contributed by atoms with Crippen molar-refractivity contribution < 1.29 is 14.3 Å². The first-order valence-electron chi connectivity index (χ1n) is 8.43. The maximum Gasteiger partial charge on any atom is 0.338 e. The highest BCUT2D eigenvalue weighted by molar-refractivity contribution is 5.92. The van der Waals surface area contributed by atoms with Crippen molar-refractivity contribution in [2.45, 2.75) is 33.2 Å². The number of para-hydroxylation sites is 1. The van der Waals surface area contributed by atoms with Crippen molar-refractivity contribution in [3.8, 4) is 5.75 Å². The zero-order chi connectivity index (χ0) is 17.8. The number of carbonyl (C=O) groups excluding carboxylic acids is 1. The summed E-state index contributed by atoms with van der Waals surface area (Å²) in [7, 11) is 0. The maximum atomic E-state index is 12.7. The largest absolute Gasteiger partial charge is 0.494 e. The number of esters is 1. The third-order valence-corrected chi connectivity index (χ3v) is 3.97. The van der Waals surface area contributed by atoms with E-state index < -0.39 is 6.04 Å². The van der Waals surface area contributed by atoms with E-state index in [0.29, 0.717) is 36.2 Å². The molecule has 7 nitrogen and oxygen atoms in total. The summed E-state index contributed by atoms with van der Waals surface area (Å²) in [6.07, 6.45) is 2.23. The number of hydrogen-bond acceptors (Lipinski definition) is 6. The van der Waals surface area contributed by atoms with E-state index in [0.717, 1.165) is 12.0 Å². The number of benzene rings is 1. The minimum atomic E-state index is -0.453. The molecular formula is C18H22N4O3. The lowest BCUT2D eigenvalue weighted by molar-refractivity contribution is -0.139. The first-order chi connectivity index (χ1) is 12.2.